The van der Waals surface area contributed by atoms with Gasteiger partial charge in [-0.2, -0.15) is 0 Å². The van der Waals surface area contributed by atoms with Gasteiger partial charge in [-0.05, 0) is 18.6 Å². The van der Waals surface area contributed by atoms with Gasteiger partial charge in [0.1, 0.15) is 5.69 Å². The molecule has 0 aromatic carbocycles. The van der Waals surface area contributed by atoms with Crippen molar-refractivity contribution in [1.82, 2.24) is 4.98 Å². The number of hydrogen-bond acceptors (Lipinski definition) is 6. The number of nitrogens with zero attached hydrogens (tertiary/aromatic N) is 1. The van der Waals surface area contributed by atoms with Crippen LogP contribution in [0.2, 0.25) is 0 Å². The molecule has 1 heterocycles. The Bertz CT molecular complexity index is 581. The smallest absolute Gasteiger partial charge is 0.354 e. The van der Waals surface area contributed by atoms with Crippen molar-refractivity contribution in [2.24, 2.45) is 0 Å². The number of anilines is 1. The normalized spacial score (nSPS) is 10.8. The predicted molar refractivity (Wildman–Crippen MR) is 69.9 cm³/mol. The molecular formula is C11H14N2O6S. The summed E-state index contributed by atoms with van der Waals surface area (Å²) in [6.07, 6.45) is 1.25. The molecule has 0 spiro atoms. The average Bonchev–Trinajstić information content (AvgIpc) is 2.38. The SMILES string of the molecule is COC(=O)CCCS(=O)(=O)Nc1ccc(C(=O)O)nc1. The van der Waals surface area contributed by atoms with E-state index in [2.05, 4.69) is 14.4 Å². The van der Waals surface area contributed by atoms with Crippen LogP contribution in [0.25, 0.3) is 0 Å². The molecule has 1 rings (SSSR count). The maximum Gasteiger partial charge on any atom is 0.354 e. The lowest BCUT2D eigenvalue weighted by Gasteiger charge is -2.07. The van der Waals surface area contributed by atoms with Crippen molar-refractivity contribution < 1.29 is 27.9 Å². The Morgan fingerprint density at radius 3 is 2.60 bits per heavy atom. The number of esters is 1. The maximum atomic E-state index is 11.7. The zero-order valence-electron chi connectivity index (χ0n) is 10.7. The fraction of sp³-hybridized carbons (Fsp3) is 0.364. The fourth-order valence-corrected chi connectivity index (χ4v) is 2.43. The van der Waals surface area contributed by atoms with Crippen molar-refractivity contribution in [1.29, 1.82) is 0 Å². The first-order valence-corrected chi connectivity index (χ1v) is 7.26. The van der Waals surface area contributed by atoms with E-state index < -0.39 is 22.0 Å². The fourth-order valence-electron chi connectivity index (χ4n) is 1.32. The Labute approximate surface area is 115 Å². The van der Waals surface area contributed by atoms with Gasteiger partial charge < -0.3 is 9.84 Å². The van der Waals surface area contributed by atoms with Crippen molar-refractivity contribution in [3.63, 3.8) is 0 Å². The summed E-state index contributed by atoms with van der Waals surface area (Å²) in [5.41, 5.74) is -0.0216. The maximum absolute atomic E-state index is 11.7. The molecule has 0 aliphatic rings. The quantitative estimate of drug-likeness (QED) is 0.702. The number of methoxy groups -OCH3 is 1. The van der Waals surface area contributed by atoms with Crippen LogP contribution in [0.15, 0.2) is 18.3 Å². The van der Waals surface area contributed by atoms with Crippen LogP contribution < -0.4 is 4.72 Å². The predicted octanol–water partition coefficient (Wildman–Crippen LogP) is 0.475. The van der Waals surface area contributed by atoms with Crippen molar-refractivity contribution in [2.75, 3.05) is 17.6 Å². The molecule has 9 heteroatoms. The number of carbonyl (C=O) groups is 2. The van der Waals surface area contributed by atoms with E-state index in [1.165, 1.54) is 19.2 Å². The van der Waals surface area contributed by atoms with Crippen LogP contribution in [0.4, 0.5) is 5.69 Å². The van der Waals surface area contributed by atoms with Crippen LogP contribution in [-0.4, -0.2) is 43.3 Å². The Morgan fingerprint density at radius 1 is 1.40 bits per heavy atom. The molecule has 0 saturated carbocycles. The van der Waals surface area contributed by atoms with Gasteiger partial charge >= 0.3 is 11.9 Å². The molecule has 2 N–H and O–H groups in total. The summed E-state index contributed by atoms with van der Waals surface area (Å²) in [6, 6.07) is 2.49. The first-order valence-electron chi connectivity index (χ1n) is 5.61. The molecule has 0 unspecified atom stereocenters. The molecule has 0 amide bonds. The lowest BCUT2D eigenvalue weighted by molar-refractivity contribution is -0.140. The van der Waals surface area contributed by atoms with Gasteiger partial charge in [0.25, 0.3) is 0 Å². The van der Waals surface area contributed by atoms with Gasteiger partial charge in [0.05, 0.1) is 24.7 Å². The summed E-state index contributed by atoms with van der Waals surface area (Å²) in [7, 11) is -2.39. The van der Waals surface area contributed by atoms with Crippen LogP contribution in [0.5, 0.6) is 0 Å². The second-order valence-electron chi connectivity index (χ2n) is 3.84. The standard InChI is InChI=1S/C11H14N2O6S/c1-19-10(14)3-2-6-20(17,18)13-8-4-5-9(11(15)16)12-7-8/h4-5,7,13H,2-3,6H2,1H3,(H,15,16). The minimum absolute atomic E-state index is 0.00755. The van der Waals surface area contributed by atoms with E-state index in [1.807, 2.05) is 0 Å². The van der Waals surface area contributed by atoms with Gasteiger partial charge in [0, 0.05) is 6.42 Å². The summed E-state index contributed by atoms with van der Waals surface area (Å²) in [5, 5.41) is 8.65. The van der Waals surface area contributed by atoms with E-state index in [-0.39, 0.29) is 30.0 Å². The third-order valence-electron chi connectivity index (χ3n) is 2.28. The highest BCUT2D eigenvalue weighted by molar-refractivity contribution is 7.92. The van der Waals surface area contributed by atoms with Crippen molar-refractivity contribution in [3.05, 3.63) is 24.0 Å². The number of nitrogens with one attached hydrogen (secondary N) is 1. The highest BCUT2D eigenvalue weighted by Gasteiger charge is 2.12. The summed E-state index contributed by atoms with van der Waals surface area (Å²) in [6.45, 7) is 0. The van der Waals surface area contributed by atoms with Crippen molar-refractivity contribution in [2.45, 2.75) is 12.8 Å². The number of aromatic carboxylic acids is 1. The Hall–Kier alpha value is -2.16. The van der Waals surface area contributed by atoms with E-state index in [4.69, 9.17) is 5.11 Å². The number of pyridine rings is 1. The van der Waals surface area contributed by atoms with E-state index in [0.717, 1.165) is 6.20 Å². The first kappa shape index (κ1) is 15.9. The first-order chi connectivity index (χ1) is 9.34. The summed E-state index contributed by atoms with van der Waals surface area (Å²) < 4.78 is 30.0. The molecule has 1 aromatic heterocycles. The highest BCUT2D eigenvalue weighted by Crippen LogP contribution is 2.10. The minimum Gasteiger partial charge on any atom is -0.477 e. The van der Waals surface area contributed by atoms with E-state index >= 15 is 0 Å². The zero-order valence-corrected chi connectivity index (χ0v) is 11.5. The van der Waals surface area contributed by atoms with Crippen LogP contribution in [-0.2, 0) is 19.6 Å². The number of sulfonamides is 1. The van der Waals surface area contributed by atoms with Gasteiger partial charge in [0.15, 0.2) is 0 Å². The number of carboxylic acids is 1. The van der Waals surface area contributed by atoms with Crippen molar-refractivity contribution in [3.8, 4) is 0 Å². The summed E-state index contributed by atoms with van der Waals surface area (Å²) >= 11 is 0. The topological polar surface area (TPSA) is 123 Å². The van der Waals surface area contributed by atoms with Gasteiger partial charge in [-0.25, -0.2) is 18.2 Å². The molecule has 0 bridgehead atoms. The molecule has 8 nitrogen and oxygen atoms in total. The molecule has 0 fully saturated rings. The van der Waals surface area contributed by atoms with Crippen molar-refractivity contribution >= 4 is 27.6 Å². The molecule has 0 saturated heterocycles. The van der Waals surface area contributed by atoms with Crippen LogP contribution in [0.3, 0.4) is 0 Å². The summed E-state index contributed by atoms with van der Waals surface area (Å²) in [5.74, 6) is -1.92. The number of ether oxygens (including phenoxy) is 1. The van der Waals surface area contributed by atoms with Gasteiger partial charge in [-0.15, -0.1) is 0 Å². The monoisotopic (exact) mass is 302 g/mol. The van der Waals surface area contributed by atoms with E-state index in [9.17, 15) is 18.0 Å². The molecular weight excluding hydrogens is 288 g/mol. The lowest BCUT2D eigenvalue weighted by atomic mass is 10.3. The molecule has 0 atom stereocenters. The number of rotatable bonds is 7. The molecule has 1 aromatic rings. The number of aromatic nitrogens is 1. The minimum atomic E-state index is -3.62. The Morgan fingerprint density at radius 2 is 2.10 bits per heavy atom. The highest BCUT2D eigenvalue weighted by atomic mass is 32.2. The van der Waals surface area contributed by atoms with Crippen LogP contribution in [0.1, 0.15) is 23.3 Å². The van der Waals surface area contributed by atoms with Gasteiger partial charge in [-0.1, -0.05) is 0 Å². The molecule has 110 valence electrons. The van der Waals surface area contributed by atoms with E-state index in [0.29, 0.717) is 0 Å². The lowest BCUT2D eigenvalue weighted by Crippen LogP contribution is -2.18. The number of carbonyl (C=O) groups excluding carboxylic acids is 1. The molecule has 0 aliphatic heterocycles. The Balaban J connectivity index is 2.57. The Kier molecular flexibility index (Phi) is 5.44. The second-order valence-corrected chi connectivity index (χ2v) is 5.68. The van der Waals surface area contributed by atoms with E-state index in [1.54, 1.807) is 0 Å². The summed E-state index contributed by atoms with van der Waals surface area (Å²) in [4.78, 5) is 25.0. The third-order valence-corrected chi connectivity index (χ3v) is 3.65. The second kappa shape index (κ2) is 6.85. The zero-order chi connectivity index (χ0) is 15.2. The van der Waals surface area contributed by atoms with Crippen LogP contribution >= 0.6 is 0 Å². The third kappa shape index (κ3) is 5.22. The molecule has 0 aliphatic carbocycles. The number of carboxylic acid groups (broad SMARTS) is 1. The van der Waals surface area contributed by atoms with Gasteiger partial charge in [-0.3, -0.25) is 9.52 Å². The van der Waals surface area contributed by atoms with Crippen LogP contribution in [0, 0.1) is 0 Å². The average molecular weight is 302 g/mol. The molecule has 0 radical (unpaired) electrons. The number of hydrogen-bond donors (Lipinski definition) is 2. The molecule has 20 heavy (non-hydrogen) atoms. The van der Waals surface area contributed by atoms with Gasteiger partial charge in [0.2, 0.25) is 10.0 Å². The largest absolute Gasteiger partial charge is 0.477 e.